The number of amides is 1. The van der Waals surface area contributed by atoms with Gasteiger partial charge in [-0.1, -0.05) is 41.4 Å². The summed E-state index contributed by atoms with van der Waals surface area (Å²) in [7, 11) is 0. The number of benzene rings is 2. The second kappa shape index (κ2) is 9.46. The number of hydrogen-bond acceptors (Lipinski definition) is 4. The fourth-order valence-electron chi connectivity index (χ4n) is 2.25. The van der Waals surface area contributed by atoms with Crippen molar-refractivity contribution in [3.63, 3.8) is 0 Å². The molecule has 1 amide bonds. The second-order valence-corrected chi connectivity index (χ2v) is 6.56. The molecule has 0 aliphatic heterocycles. The molecule has 1 N–H and O–H groups in total. The van der Waals surface area contributed by atoms with Gasteiger partial charge in [0.1, 0.15) is 5.75 Å². The molecule has 26 heavy (non-hydrogen) atoms. The third-order valence-electron chi connectivity index (χ3n) is 3.52. The maximum absolute atomic E-state index is 11.9. The number of rotatable bonds is 7. The van der Waals surface area contributed by atoms with E-state index in [2.05, 4.69) is 5.32 Å². The van der Waals surface area contributed by atoms with Crippen LogP contribution in [-0.2, 0) is 14.3 Å². The van der Waals surface area contributed by atoms with Crippen LogP contribution >= 0.6 is 23.2 Å². The van der Waals surface area contributed by atoms with Gasteiger partial charge in [0.15, 0.2) is 13.2 Å². The first-order chi connectivity index (χ1) is 12.3. The van der Waals surface area contributed by atoms with Gasteiger partial charge in [-0.25, -0.2) is 4.79 Å². The van der Waals surface area contributed by atoms with Crippen LogP contribution in [0.15, 0.2) is 42.5 Å². The average molecular weight is 396 g/mol. The van der Waals surface area contributed by atoms with E-state index in [0.29, 0.717) is 15.8 Å². The van der Waals surface area contributed by atoms with Gasteiger partial charge in [-0.3, -0.25) is 4.79 Å². The van der Waals surface area contributed by atoms with E-state index in [9.17, 15) is 9.59 Å². The van der Waals surface area contributed by atoms with Crippen molar-refractivity contribution >= 4 is 35.1 Å². The Bertz CT molecular complexity index is 795. The molecule has 0 aliphatic carbocycles. The number of carbonyl (C=O) groups is 2. The van der Waals surface area contributed by atoms with E-state index < -0.39 is 18.5 Å². The standard InChI is InChI=1S/C19H19Cl2NO4/c1-12-4-3-5-15(8-12)25-11-19(24)26-10-18(23)22-13(2)16-7-6-14(20)9-17(16)21/h3-9,13H,10-11H2,1-2H3,(H,22,23). The monoisotopic (exact) mass is 395 g/mol. The van der Waals surface area contributed by atoms with Crippen molar-refractivity contribution in [2.24, 2.45) is 0 Å². The predicted molar refractivity (Wildman–Crippen MR) is 101 cm³/mol. The van der Waals surface area contributed by atoms with Gasteiger partial charge in [-0.05, 0) is 49.2 Å². The Kier molecular flexibility index (Phi) is 7.30. The maximum Gasteiger partial charge on any atom is 0.344 e. The van der Waals surface area contributed by atoms with Gasteiger partial charge < -0.3 is 14.8 Å². The highest BCUT2D eigenvalue weighted by atomic mass is 35.5. The normalized spacial score (nSPS) is 11.5. The number of hydrogen-bond donors (Lipinski definition) is 1. The first kappa shape index (κ1) is 20.1. The third kappa shape index (κ3) is 6.24. The summed E-state index contributed by atoms with van der Waals surface area (Å²) in [5, 5.41) is 3.67. The van der Waals surface area contributed by atoms with Crippen molar-refractivity contribution < 1.29 is 19.1 Å². The Morgan fingerprint density at radius 1 is 1.12 bits per heavy atom. The summed E-state index contributed by atoms with van der Waals surface area (Å²) >= 11 is 12.0. The molecule has 0 spiro atoms. The number of carbonyl (C=O) groups excluding carboxylic acids is 2. The number of nitrogens with one attached hydrogen (secondary N) is 1. The summed E-state index contributed by atoms with van der Waals surface area (Å²) in [5.74, 6) is -0.497. The lowest BCUT2D eigenvalue weighted by atomic mass is 10.1. The summed E-state index contributed by atoms with van der Waals surface area (Å²) in [4.78, 5) is 23.6. The molecule has 1 atom stereocenters. The highest BCUT2D eigenvalue weighted by Crippen LogP contribution is 2.25. The molecule has 2 aromatic carbocycles. The van der Waals surface area contributed by atoms with Gasteiger partial charge in [0.25, 0.3) is 5.91 Å². The van der Waals surface area contributed by atoms with Crippen molar-refractivity contribution in [3.8, 4) is 5.75 Å². The van der Waals surface area contributed by atoms with Crippen molar-refractivity contribution in [1.29, 1.82) is 0 Å². The molecule has 0 saturated carbocycles. The number of ether oxygens (including phenoxy) is 2. The molecule has 138 valence electrons. The molecule has 0 saturated heterocycles. The number of esters is 1. The van der Waals surface area contributed by atoms with Gasteiger partial charge in [0.05, 0.1) is 6.04 Å². The van der Waals surface area contributed by atoms with Crippen LogP contribution in [0.3, 0.4) is 0 Å². The van der Waals surface area contributed by atoms with Gasteiger partial charge in [0.2, 0.25) is 0 Å². The SMILES string of the molecule is Cc1cccc(OCC(=O)OCC(=O)NC(C)c2ccc(Cl)cc2Cl)c1. The van der Waals surface area contributed by atoms with Crippen LogP contribution in [0.4, 0.5) is 0 Å². The van der Waals surface area contributed by atoms with E-state index >= 15 is 0 Å². The molecular formula is C19H19Cl2NO4. The van der Waals surface area contributed by atoms with Crippen LogP contribution < -0.4 is 10.1 Å². The van der Waals surface area contributed by atoms with E-state index in [0.717, 1.165) is 11.1 Å². The van der Waals surface area contributed by atoms with E-state index in [1.54, 1.807) is 37.3 Å². The fourth-order valence-corrected chi connectivity index (χ4v) is 2.82. The van der Waals surface area contributed by atoms with E-state index in [1.165, 1.54) is 0 Å². The predicted octanol–water partition coefficient (Wildman–Crippen LogP) is 4.10. The first-order valence-corrected chi connectivity index (χ1v) is 8.70. The van der Waals surface area contributed by atoms with Crippen LogP contribution in [0, 0.1) is 6.92 Å². The van der Waals surface area contributed by atoms with Crippen molar-refractivity contribution in [3.05, 3.63) is 63.6 Å². The smallest absolute Gasteiger partial charge is 0.344 e. The first-order valence-electron chi connectivity index (χ1n) is 7.94. The maximum atomic E-state index is 11.9. The molecule has 0 bridgehead atoms. The van der Waals surface area contributed by atoms with Gasteiger partial charge in [-0.2, -0.15) is 0 Å². The molecule has 2 aromatic rings. The molecule has 0 heterocycles. The van der Waals surface area contributed by atoms with Gasteiger partial charge >= 0.3 is 5.97 Å². The molecular weight excluding hydrogens is 377 g/mol. The van der Waals surface area contributed by atoms with E-state index in [1.807, 2.05) is 19.1 Å². The molecule has 5 nitrogen and oxygen atoms in total. The van der Waals surface area contributed by atoms with E-state index in [4.69, 9.17) is 32.7 Å². The van der Waals surface area contributed by atoms with Crippen molar-refractivity contribution in [2.75, 3.05) is 13.2 Å². The lowest BCUT2D eigenvalue weighted by Crippen LogP contribution is -2.32. The summed E-state index contributed by atoms with van der Waals surface area (Å²) in [6.07, 6.45) is 0. The van der Waals surface area contributed by atoms with Gasteiger partial charge in [-0.15, -0.1) is 0 Å². The Morgan fingerprint density at radius 2 is 1.88 bits per heavy atom. The minimum absolute atomic E-state index is 0.269. The van der Waals surface area contributed by atoms with E-state index in [-0.39, 0.29) is 12.6 Å². The summed E-state index contributed by atoms with van der Waals surface area (Å²) < 4.78 is 10.2. The Hall–Kier alpha value is -2.24. The molecule has 1 unspecified atom stereocenters. The van der Waals surface area contributed by atoms with Crippen molar-refractivity contribution in [1.82, 2.24) is 5.32 Å². The summed E-state index contributed by atoms with van der Waals surface area (Å²) in [6, 6.07) is 12.0. The zero-order valence-electron chi connectivity index (χ0n) is 14.4. The summed E-state index contributed by atoms with van der Waals surface area (Å²) in [5.41, 5.74) is 1.74. The lowest BCUT2D eigenvalue weighted by molar-refractivity contribution is -0.150. The highest BCUT2D eigenvalue weighted by molar-refractivity contribution is 6.35. The number of aryl methyl sites for hydroxylation is 1. The second-order valence-electron chi connectivity index (χ2n) is 5.72. The largest absolute Gasteiger partial charge is 0.482 e. The van der Waals surface area contributed by atoms with Crippen LogP contribution in [-0.4, -0.2) is 25.1 Å². The number of halogens is 2. The minimum atomic E-state index is -0.626. The molecule has 0 aromatic heterocycles. The molecule has 0 radical (unpaired) electrons. The fraction of sp³-hybridized carbons (Fsp3) is 0.263. The zero-order chi connectivity index (χ0) is 19.1. The van der Waals surface area contributed by atoms with Crippen LogP contribution in [0.1, 0.15) is 24.1 Å². The topological polar surface area (TPSA) is 64.6 Å². The zero-order valence-corrected chi connectivity index (χ0v) is 15.9. The average Bonchev–Trinajstić information content (AvgIpc) is 2.58. The van der Waals surface area contributed by atoms with Crippen molar-refractivity contribution in [2.45, 2.75) is 19.9 Å². The molecule has 7 heteroatoms. The molecule has 0 aliphatic rings. The lowest BCUT2D eigenvalue weighted by Gasteiger charge is -2.16. The Labute approximate surface area is 162 Å². The summed E-state index contributed by atoms with van der Waals surface area (Å²) in [6.45, 7) is 3.03. The van der Waals surface area contributed by atoms with Crippen LogP contribution in [0.25, 0.3) is 0 Å². The Balaban J connectivity index is 1.76. The molecule has 0 fully saturated rings. The minimum Gasteiger partial charge on any atom is -0.482 e. The van der Waals surface area contributed by atoms with Crippen LogP contribution in [0.5, 0.6) is 5.75 Å². The Morgan fingerprint density at radius 3 is 2.58 bits per heavy atom. The third-order valence-corrected chi connectivity index (χ3v) is 4.08. The molecule has 2 rings (SSSR count). The quantitative estimate of drug-likeness (QED) is 0.716. The highest BCUT2D eigenvalue weighted by Gasteiger charge is 2.14. The van der Waals surface area contributed by atoms with Gasteiger partial charge in [0, 0.05) is 10.0 Å². The van der Waals surface area contributed by atoms with Crippen LogP contribution in [0.2, 0.25) is 10.0 Å².